The number of hydrogen-bond acceptors (Lipinski definition) is 7. The second-order valence-electron chi connectivity index (χ2n) is 10.9. The van der Waals surface area contributed by atoms with Crippen LogP contribution < -0.4 is 15.4 Å². The Morgan fingerprint density at radius 2 is 1.60 bits per heavy atom. The summed E-state index contributed by atoms with van der Waals surface area (Å²) >= 11 is 6.90. The lowest BCUT2D eigenvalue weighted by atomic mass is 10.0. The molecule has 2 fully saturated rings. The number of rotatable bonds is 12. The minimum Gasteiger partial charge on any atom is -0.368 e. The third-order valence-electron chi connectivity index (χ3n) is 7.95. The summed E-state index contributed by atoms with van der Waals surface area (Å²) in [5.74, 6) is 0.353. The van der Waals surface area contributed by atoms with Crippen LogP contribution in [-0.2, 0) is 11.3 Å². The fraction of sp³-hybridized carbons (Fsp3) is 0.500. The standard InChI is InChI=1S/C32H40FN5O2S2/c1-4-6-7-8-9-10-16-38-31(40)28(42-32(38)41)21-26-23(3)27(22-34)30(39)37(15-5-2)29(26)36-19-17-35(18-20-36)25-13-11-24(33)12-14-25/h11-14,21H,4-10,15-20H2,1-3H3/b28-21-. The molecule has 4 rings (SSSR count). The Morgan fingerprint density at radius 3 is 2.24 bits per heavy atom. The average molecular weight is 610 g/mol. The fourth-order valence-corrected chi connectivity index (χ4v) is 6.91. The summed E-state index contributed by atoms with van der Waals surface area (Å²) in [7, 11) is 0. The molecule has 2 aliphatic rings. The molecule has 0 radical (unpaired) electrons. The largest absolute Gasteiger partial charge is 0.368 e. The van der Waals surface area contributed by atoms with E-state index < -0.39 is 0 Å². The number of amides is 1. The van der Waals surface area contributed by atoms with Crippen LogP contribution in [0.15, 0.2) is 34.0 Å². The van der Waals surface area contributed by atoms with E-state index in [1.807, 2.05) is 13.0 Å². The normalized spacial score (nSPS) is 16.5. The maximum absolute atomic E-state index is 13.5. The van der Waals surface area contributed by atoms with E-state index >= 15 is 0 Å². The van der Waals surface area contributed by atoms with Crippen molar-refractivity contribution < 1.29 is 9.18 Å². The highest BCUT2D eigenvalue weighted by Crippen LogP contribution is 2.36. The van der Waals surface area contributed by atoms with Gasteiger partial charge in [-0.05, 0) is 55.7 Å². The van der Waals surface area contributed by atoms with Crippen molar-refractivity contribution in [2.75, 3.05) is 42.5 Å². The van der Waals surface area contributed by atoms with Gasteiger partial charge in [-0.2, -0.15) is 5.26 Å². The maximum atomic E-state index is 13.5. The summed E-state index contributed by atoms with van der Waals surface area (Å²) in [4.78, 5) is 33.6. The van der Waals surface area contributed by atoms with Gasteiger partial charge in [-0.1, -0.05) is 69.9 Å². The van der Waals surface area contributed by atoms with E-state index in [2.05, 4.69) is 22.8 Å². The molecule has 1 amide bonds. The van der Waals surface area contributed by atoms with Gasteiger partial charge in [0.05, 0.1) is 4.91 Å². The van der Waals surface area contributed by atoms with Crippen molar-refractivity contribution in [1.82, 2.24) is 9.47 Å². The lowest BCUT2D eigenvalue weighted by molar-refractivity contribution is -0.122. The molecule has 0 saturated carbocycles. The zero-order chi connectivity index (χ0) is 30.2. The Labute approximate surface area is 258 Å². The van der Waals surface area contributed by atoms with Crippen LogP contribution in [0.1, 0.15) is 75.5 Å². The molecule has 1 aromatic heterocycles. The summed E-state index contributed by atoms with van der Waals surface area (Å²) in [6.45, 7) is 9.68. The van der Waals surface area contributed by atoms with Crippen molar-refractivity contribution in [2.24, 2.45) is 0 Å². The lowest BCUT2D eigenvalue weighted by Crippen LogP contribution is -2.48. The van der Waals surface area contributed by atoms with Crippen molar-refractivity contribution >= 4 is 51.8 Å². The number of carbonyl (C=O) groups is 1. The number of anilines is 2. The number of unbranched alkanes of at least 4 members (excludes halogenated alkanes) is 5. The van der Waals surface area contributed by atoms with E-state index in [1.54, 1.807) is 28.5 Å². The molecule has 3 heterocycles. The Balaban J connectivity index is 1.64. The van der Waals surface area contributed by atoms with Crippen molar-refractivity contribution in [2.45, 2.75) is 72.3 Å². The number of thiocarbonyl (C=S) groups is 1. The van der Waals surface area contributed by atoms with Crippen LogP contribution in [0.3, 0.4) is 0 Å². The van der Waals surface area contributed by atoms with Crippen LogP contribution >= 0.6 is 24.0 Å². The highest BCUT2D eigenvalue weighted by Gasteiger charge is 2.33. The molecule has 0 unspecified atom stereocenters. The molecule has 0 aliphatic carbocycles. The number of carbonyl (C=O) groups excluding carboxylic acids is 1. The van der Waals surface area contributed by atoms with Gasteiger partial charge >= 0.3 is 0 Å². The molecule has 1 aromatic carbocycles. The van der Waals surface area contributed by atoms with Gasteiger partial charge in [0.2, 0.25) is 0 Å². The molecule has 0 spiro atoms. The monoisotopic (exact) mass is 609 g/mol. The molecule has 0 N–H and O–H groups in total. The first-order valence-electron chi connectivity index (χ1n) is 15.0. The topological polar surface area (TPSA) is 72.6 Å². The average Bonchev–Trinajstić information content (AvgIpc) is 3.25. The number of hydrogen-bond donors (Lipinski definition) is 0. The van der Waals surface area contributed by atoms with Gasteiger partial charge in [-0.3, -0.25) is 19.1 Å². The second-order valence-corrected chi connectivity index (χ2v) is 12.5. The number of benzene rings is 1. The van der Waals surface area contributed by atoms with Gasteiger partial charge in [-0.15, -0.1) is 0 Å². The minimum absolute atomic E-state index is 0.103. The number of aromatic nitrogens is 1. The zero-order valence-electron chi connectivity index (χ0n) is 24.8. The molecule has 10 heteroatoms. The third-order valence-corrected chi connectivity index (χ3v) is 9.33. The molecule has 0 atom stereocenters. The Bertz CT molecular complexity index is 1420. The molecule has 2 aromatic rings. The van der Waals surface area contributed by atoms with Gasteiger partial charge in [0.1, 0.15) is 27.6 Å². The summed E-state index contributed by atoms with van der Waals surface area (Å²) in [5.41, 5.74) is 2.04. The van der Waals surface area contributed by atoms with Crippen molar-refractivity contribution in [1.29, 1.82) is 5.26 Å². The first-order valence-corrected chi connectivity index (χ1v) is 16.2. The molecule has 0 bridgehead atoms. The Kier molecular flexibility index (Phi) is 11.2. The predicted octanol–water partition coefficient (Wildman–Crippen LogP) is 6.47. The minimum atomic E-state index is -0.305. The maximum Gasteiger partial charge on any atom is 0.270 e. The molecule has 224 valence electrons. The number of thioether (sulfide) groups is 1. The van der Waals surface area contributed by atoms with E-state index in [0.29, 0.717) is 54.1 Å². The van der Waals surface area contributed by atoms with Gasteiger partial charge in [0, 0.05) is 50.5 Å². The number of piperazine rings is 1. The van der Waals surface area contributed by atoms with E-state index in [0.717, 1.165) is 42.8 Å². The summed E-state index contributed by atoms with van der Waals surface area (Å²) in [6, 6.07) is 8.61. The Hall–Kier alpha value is -3.16. The van der Waals surface area contributed by atoms with Crippen LogP contribution in [0.4, 0.5) is 15.9 Å². The molecular formula is C32H40FN5O2S2. The predicted molar refractivity (Wildman–Crippen MR) is 175 cm³/mol. The van der Waals surface area contributed by atoms with E-state index in [-0.39, 0.29) is 22.8 Å². The van der Waals surface area contributed by atoms with Crippen molar-refractivity contribution in [3.63, 3.8) is 0 Å². The third kappa shape index (κ3) is 7.07. The van der Waals surface area contributed by atoms with Crippen LogP contribution in [0.25, 0.3) is 6.08 Å². The van der Waals surface area contributed by atoms with Crippen molar-refractivity contribution in [3.05, 3.63) is 62.0 Å². The number of nitriles is 1. The van der Waals surface area contributed by atoms with Gasteiger partial charge in [0.25, 0.3) is 11.5 Å². The lowest BCUT2D eigenvalue weighted by Gasteiger charge is -2.39. The second kappa shape index (κ2) is 14.8. The number of halogens is 1. The number of nitrogens with zero attached hydrogens (tertiary/aromatic N) is 5. The van der Waals surface area contributed by atoms with Gasteiger partial charge in [-0.25, -0.2) is 4.39 Å². The first-order chi connectivity index (χ1) is 20.3. The van der Waals surface area contributed by atoms with Crippen LogP contribution in [0.5, 0.6) is 0 Å². The molecular weight excluding hydrogens is 570 g/mol. The van der Waals surface area contributed by atoms with Gasteiger partial charge < -0.3 is 9.80 Å². The van der Waals surface area contributed by atoms with Crippen LogP contribution in [-0.4, -0.2) is 52.4 Å². The SMILES string of the molecule is CCCCCCCCN1C(=O)/C(=C/c2c(C)c(C#N)c(=O)n(CCC)c2N2CCN(c3ccc(F)cc3)CC2)SC1=S. The molecule has 42 heavy (non-hydrogen) atoms. The Morgan fingerprint density at radius 1 is 0.952 bits per heavy atom. The molecule has 2 aliphatic heterocycles. The summed E-state index contributed by atoms with van der Waals surface area (Å²) < 4.78 is 15.7. The first kappa shape index (κ1) is 31.8. The van der Waals surface area contributed by atoms with Crippen LogP contribution in [0.2, 0.25) is 0 Å². The van der Waals surface area contributed by atoms with E-state index in [1.165, 1.54) is 43.2 Å². The van der Waals surface area contributed by atoms with Crippen molar-refractivity contribution in [3.8, 4) is 6.07 Å². The zero-order valence-corrected chi connectivity index (χ0v) is 26.5. The van der Waals surface area contributed by atoms with E-state index in [4.69, 9.17) is 12.2 Å². The van der Waals surface area contributed by atoms with Gasteiger partial charge in [0.15, 0.2) is 0 Å². The quantitative estimate of drug-likeness (QED) is 0.155. The van der Waals surface area contributed by atoms with Crippen LogP contribution in [0, 0.1) is 24.1 Å². The fourth-order valence-electron chi connectivity index (χ4n) is 5.62. The summed E-state index contributed by atoms with van der Waals surface area (Å²) in [6.07, 6.45) is 9.33. The highest BCUT2D eigenvalue weighted by atomic mass is 32.2. The summed E-state index contributed by atoms with van der Waals surface area (Å²) in [5, 5.41) is 9.94. The smallest absolute Gasteiger partial charge is 0.270 e. The molecule has 7 nitrogen and oxygen atoms in total. The molecule has 2 saturated heterocycles. The number of pyridine rings is 1. The highest BCUT2D eigenvalue weighted by molar-refractivity contribution is 8.26. The van der Waals surface area contributed by atoms with E-state index in [9.17, 15) is 19.2 Å².